The van der Waals surface area contributed by atoms with Crippen LogP contribution in [0.25, 0.3) is 0 Å². The summed E-state index contributed by atoms with van der Waals surface area (Å²) >= 11 is 0. The molecule has 0 aliphatic heterocycles. The van der Waals surface area contributed by atoms with Crippen LogP contribution in [0.1, 0.15) is 55.6 Å². The molecule has 0 saturated heterocycles. The normalized spacial score (nSPS) is 23.5. The number of hydrogen-bond donors (Lipinski definition) is 1. The number of benzene rings is 1. The molecule has 1 aromatic carbocycles. The van der Waals surface area contributed by atoms with Gasteiger partial charge in [-0.05, 0) is 88.0 Å². The number of hydrogen-bond acceptors (Lipinski definition) is 5. The number of alkyl halides is 2. The Morgan fingerprint density at radius 3 is 2.80 bits per heavy atom. The highest BCUT2D eigenvalue weighted by molar-refractivity contribution is 5.80. The minimum absolute atomic E-state index is 0.00911. The molecule has 2 atom stereocenters. The molecular weight excluding hydrogens is 452 g/mol. The van der Waals surface area contributed by atoms with Crippen molar-refractivity contribution in [1.82, 2.24) is 15.3 Å². The Morgan fingerprint density at radius 1 is 1.23 bits per heavy atom. The van der Waals surface area contributed by atoms with Crippen LogP contribution in [0.2, 0.25) is 0 Å². The van der Waals surface area contributed by atoms with Crippen LogP contribution in [-0.2, 0) is 17.6 Å². The van der Waals surface area contributed by atoms with Gasteiger partial charge in [0.15, 0.2) is 11.5 Å². The highest BCUT2D eigenvalue weighted by Crippen LogP contribution is 2.37. The summed E-state index contributed by atoms with van der Waals surface area (Å²) in [6.45, 7) is 2.68. The summed E-state index contributed by atoms with van der Waals surface area (Å²) in [5.41, 5.74) is 1.97. The van der Waals surface area contributed by atoms with Gasteiger partial charge >= 0.3 is 6.61 Å². The van der Waals surface area contributed by atoms with Crippen LogP contribution >= 0.6 is 0 Å². The van der Waals surface area contributed by atoms with Gasteiger partial charge in [-0.3, -0.25) is 4.79 Å². The van der Waals surface area contributed by atoms with Gasteiger partial charge in [-0.2, -0.15) is 8.78 Å². The van der Waals surface area contributed by atoms with Crippen LogP contribution in [0.3, 0.4) is 0 Å². The van der Waals surface area contributed by atoms with Gasteiger partial charge in [0, 0.05) is 23.9 Å². The maximum Gasteiger partial charge on any atom is 0.387 e. The number of aromatic nitrogens is 2. The molecule has 2 aromatic rings. The van der Waals surface area contributed by atoms with E-state index in [-0.39, 0.29) is 35.5 Å². The van der Waals surface area contributed by atoms with Crippen molar-refractivity contribution in [3.63, 3.8) is 0 Å². The fourth-order valence-electron chi connectivity index (χ4n) is 4.97. The maximum atomic E-state index is 12.8. The van der Waals surface area contributed by atoms with Crippen LogP contribution in [0.15, 0.2) is 43.1 Å². The van der Waals surface area contributed by atoms with Crippen molar-refractivity contribution in [3.05, 3.63) is 60.2 Å². The Labute approximate surface area is 205 Å². The number of nitrogens with zero attached hydrogens (tertiary/aromatic N) is 2. The van der Waals surface area contributed by atoms with Gasteiger partial charge in [0.25, 0.3) is 0 Å². The first-order valence-corrected chi connectivity index (χ1v) is 12.3. The summed E-state index contributed by atoms with van der Waals surface area (Å²) in [5.74, 6) is 1.62. The van der Waals surface area contributed by atoms with E-state index in [2.05, 4.69) is 26.6 Å². The molecule has 0 radical (unpaired) electrons. The number of nitrogens with one attached hydrogen (secondary N) is 1. The Hall–Kier alpha value is -3.03. The Bertz CT molecular complexity index is 1030. The lowest BCUT2D eigenvalue weighted by molar-refractivity contribution is -0.131. The molecule has 2 saturated carbocycles. The number of carbonyl (C=O) groups is 1. The number of amides is 1. The minimum atomic E-state index is -2.93. The summed E-state index contributed by atoms with van der Waals surface area (Å²) in [6.07, 6.45) is 10.2. The molecular formula is C27H33F2N3O3. The molecule has 2 unspecified atom stereocenters. The molecule has 2 aliphatic rings. The lowest BCUT2D eigenvalue weighted by Gasteiger charge is -2.35. The summed E-state index contributed by atoms with van der Waals surface area (Å²) in [5, 5.41) is 3.21. The van der Waals surface area contributed by atoms with Gasteiger partial charge in [0.1, 0.15) is 11.9 Å². The van der Waals surface area contributed by atoms with Crippen molar-refractivity contribution < 1.29 is 23.0 Å². The quantitative estimate of drug-likeness (QED) is 0.444. The molecule has 4 rings (SSSR count). The third-order valence-electron chi connectivity index (χ3n) is 6.89. The molecule has 0 spiro atoms. The molecule has 35 heavy (non-hydrogen) atoms. The number of ether oxygens (including phenoxy) is 2. The first-order valence-electron chi connectivity index (χ1n) is 12.3. The van der Waals surface area contributed by atoms with Gasteiger partial charge in [0.2, 0.25) is 5.91 Å². The highest BCUT2D eigenvalue weighted by Gasteiger charge is 2.38. The Kier molecular flexibility index (Phi) is 8.31. The van der Waals surface area contributed by atoms with Gasteiger partial charge in [-0.25, -0.2) is 9.97 Å². The third kappa shape index (κ3) is 6.99. The maximum absolute atomic E-state index is 12.8. The van der Waals surface area contributed by atoms with Crippen molar-refractivity contribution in [2.75, 3.05) is 0 Å². The first-order chi connectivity index (χ1) is 16.9. The van der Waals surface area contributed by atoms with Crippen LogP contribution in [-0.4, -0.2) is 34.6 Å². The first kappa shape index (κ1) is 25.1. The SMILES string of the molecule is C=CCc1ccc(OC(F)F)c(OC2CC(C(=O)NC3CCC(CCc4ccnc(C)n4)C3)C2)c1. The van der Waals surface area contributed by atoms with Crippen LogP contribution < -0.4 is 14.8 Å². The zero-order chi connectivity index (χ0) is 24.8. The molecule has 188 valence electrons. The van der Waals surface area contributed by atoms with Crippen molar-refractivity contribution in [2.24, 2.45) is 11.8 Å². The van der Waals surface area contributed by atoms with Crippen molar-refractivity contribution >= 4 is 5.91 Å². The summed E-state index contributed by atoms with van der Waals surface area (Å²) in [7, 11) is 0. The molecule has 8 heteroatoms. The fourth-order valence-corrected chi connectivity index (χ4v) is 4.97. The number of halogens is 2. The summed E-state index contributed by atoms with van der Waals surface area (Å²) < 4.78 is 36.1. The Morgan fingerprint density at radius 2 is 2.06 bits per heavy atom. The zero-order valence-corrected chi connectivity index (χ0v) is 20.1. The predicted octanol–water partition coefficient (Wildman–Crippen LogP) is 5.19. The van der Waals surface area contributed by atoms with Crippen LogP contribution in [0, 0.1) is 18.8 Å². The van der Waals surface area contributed by atoms with Crippen molar-refractivity contribution in [3.8, 4) is 11.5 Å². The van der Waals surface area contributed by atoms with E-state index in [4.69, 9.17) is 4.74 Å². The molecule has 1 amide bonds. The van der Waals surface area contributed by atoms with Gasteiger partial charge in [-0.15, -0.1) is 6.58 Å². The molecule has 1 N–H and O–H groups in total. The standard InChI is InChI=1S/C27H33F2N3O3/c1-3-4-18-7-10-24(35-27(28)29)25(14-18)34-23-15-20(16-23)26(33)32-22-9-6-19(13-22)5-8-21-11-12-30-17(2)31-21/h3,7,10-12,14,19-20,22-23,27H,1,4-6,8-9,13,15-16H2,2H3,(H,32,33). The van der Waals surface area contributed by atoms with Crippen LogP contribution in [0.5, 0.6) is 11.5 Å². The second kappa shape index (κ2) is 11.6. The molecule has 1 heterocycles. The van der Waals surface area contributed by atoms with Gasteiger partial charge < -0.3 is 14.8 Å². The number of carbonyl (C=O) groups excluding carboxylic acids is 1. The molecule has 0 bridgehead atoms. The molecule has 6 nitrogen and oxygen atoms in total. The van der Waals surface area contributed by atoms with Crippen molar-refractivity contribution in [2.45, 2.75) is 77.0 Å². The second-order valence-corrected chi connectivity index (χ2v) is 9.58. The van der Waals surface area contributed by atoms with E-state index < -0.39 is 6.61 Å². The number of aryl methyl sites for hydroxylation is 2. The zero-order valence-electron chi connectivity index (χ0n) is 20.1. The number of allylic oxidation sites excluding steroid dienone is 1. The van der Waals surface area contributed by atoms with E-state index >= 15 is 0 Å². The summed E-state index contributed by atoms with van der Waals surface area (Å²) in [4.78, 5) is 21.4. The lowest BCUT2D eigenvalue weighted by Crippen LogP contribution is -2.46. The highest BCUT2D eigenvalue weighted by atomic mass is 19.3. The Balaban J connectivity index is 1.21. The van der Waals surface area contributed by atoms with E-state index in [1.54, 1.807) is 24.4 Å². The molecule has 2 aliphatic carbocycles. The number of rotatable bonds is 11. The van der Waals surface area contributed by atoms with Crippen molar-refractivity contribution in [1.29, 1.82) is 0 Å². The molecule has 1 aromatic heterocycles. The van der Waals surface area contributed by atoms with Crippen LogP contribution in [0.4, 0.5) is 8.78 Å². The van der Waals surface area contributed by atoms with E-state index in [1.807, 2.05) is 13.0 Å². The monoisotopic (exact) mass is 485 g/mol. The molecule has 2 fully saturated rings. The van der Waals surface area contributed by atoms with E-state index in [1.165, 1.54) is 6.07 Å². The average molecular weight is 486 g/mol. The smallest absolute Gasteiger partial charge is 0.387 e. The van der Waals surface area contributed by atoms with E-state index in [0.717, 1.165) is 49.2 Å². The topological polar surface area (TPSA) is 73.3 Å². The van der Waals surface area contributed by atoms with Gasteiger partial charge in [-0.1, -0.05) is 12.1 Å². The van der Waals surface area contributed by atoms with Gasteiger partial charge in [0.05, 0.1) is 0 Å². The summed E-state index contributed by atoms with van der Waals surface area (Å²) in [6, 6.07) is 7.09. The largest absolute Gasteiger partial charge is 0.486 e. The van der Waals surface area contributed by atoms with E-state index in [9.17, 15) is 13.6 Å². The van der Waals surface area contributed by atoms with E-state index in [0.29, 0.717) is 25.2 Å². The predicted molar refractivity (Wildman–Crippen MR) is 128 cm³/mol. The minimum Gasteiger partial charge on any atom is -0.486 e. The third-order valence-corrected chi connectivity index (χ3v) is 6.89. The lowest BCUT2D eigenvalue weighted by atomic mass is 9.81. The second-order valence-electron chi connectivity index (χ2n) is 9.58. The fraction of sp³-hybridized carbons (Fsp3) is 0.519. The average Bonchev–Trinajstić information content (AvgIpc) is 3.23.